The number of alkyl carbamates (subject to hydrolysis) is 1. The molecule has 3 rings (SSSR count). The molecule has 1 saturated heterocycles. The number of pyridine rings is 1. The van der Waals surface area contributed by atoms with Crippen molar-refractivity contribution in [1.29, 1.82) is 0 Å². The number of rotatable bonds is 3. The van der Waals surface area contributed by atoms with Crippen molar-refractivity contribution < 1.29 is 14.5 Å². The number of hydrogen-bond acceptors (Lipinski definition) is 6. The van der Waals surface area contributed by atoms with E-state index in [9.17, 15) is 14.9 Å². The lowest BCUT2D eigenvalue weighted by molar-refractivity contribution is -0.384. The zero-order valence-electron chi connectivity index (χ0n) is 16.6. The smallest absolute Gasteiger partial charge is 0.407 e. The van der Waals surface area contributed by atoms with Crippen LogP contribution in [-0.2, 0) is 4.74 Å². The van der Waals surface area contributed by atoms with Crippen LogP contribution in [0.4, 0.5) is 16.3 Å². The number of carbonyl (C=O) groups is 1. The monoisotopic (exact) mass is 386 g/mol. The van der Waals surface area contributed by atoms with Gasteiger partial charge in [0.25, 0.3) is 5.69 Å². The van der Waals surface area contributed by atoms with Gasteiger partial charge < -0.3 is 15.0 Å². The van der Waals surface area contributed by atoms with E-state index in [4.69, 9.17) is 4.74 Å². The minimum absolute atomic E-state index is 0.0594. The second-order valence-corrected chi connectivity index (χ2v) is 8.21. The summed E-state index contributed by atoms with van der Waals surface area (Å²) >= 11 is 0. The number of nitro benzene ring substituents is 1. The summed E-state index contributed by atoms with van der Waals surface area (Å²) in [5.74, 6) is 0.838. The van der Waals surface area contributed by atoms with Crippen LogP contribution in [0.2, 0.25) is 0 Å². The number of fused-ring (bicyclic) bond motifs is 1. The van der Waals surface area contributed by atoms with Crippen LogP contribution < -0.4 is 10.2 Å². The Labute approximate surface area is 164 Å². The number of carbonyl (C=O) groups excluding carboxylic acids is 1. The van der Waals surface area contributed by atoms with Gasteiger partial charge in [-0.1, -0.05) is 0 Å². The van der Waals surface area contributed by atoms with Crippen molar-refractivity contribution in [1.82, 2.24) is 10.3 Å². The zero-order valence-corrected chi connectivity index (χ0v) is 16.6. The average molecular weight is 386 g/mol. The molecule has 1 aromatic heterocycles. The second kappa shape index (κ2) is 7.61. The standard InChI is InChI=1S/C20H26N4O4/c1-13-11-15(21-19(25)28-20(2,3)4)9-10-23(13)18-8-5-14-12-16(24(26)27)6-7-17(14)22-18/h5-8,12-13,15H,9-11H2,1-4H3,(H,21,25). The molecule has 8 nitrogen and oxygen atoms in total. The molecule has 2 aromatic rings. The first-order valence-electron chi connectivity index (χ1n) is 9.44. The van der Waals surface area contributed by atoms with Gasteiger partial charge in [-0.2, -0.15) is 0 Å². The maximum Gasteiger partial charge on any atom is 0.407 e. The van der Waals surface area contributed by atoms with E-state index in [1.165, 1.54) is 12.1 Å². The van der Waals surface area contributed by atoms with Crippen molar-refractivity contribution in [2.24, 2.45) is 0 Å². The van der Waals surface area contributed by atoms with Gasteiger partial charge >= 0.3 is 6.09 Å². The topological polar surface area (TPSA) is 97.6 Å². The summed E-state index contributed by atoms with van der Waals surface area (Å²) in [4.78, 5) is 29.4. The Kier molecular flexibility index (Phi) is 5.40. The summed E-state index contributed by atoms with van der Waals surface area (Å²) in [7, 11) is 0. The summed E-state index contributed by atoms with van der Waals surface area (Å²) in [6, 6.07) is 8.69. The van der Waals surface area contributed by atoms with Crippen molar-refractivity contribution in [3.05, 3.63) is 40.4 Å². The largest absolute Gasteiger partial charge is 0.444 e. The Morgan fingerprint density at radius 1 is 1.32 bits per heavy atom. The number of nitro groups is 1. The highest BCUT2D eigenvalue weighted by Crippen LogP contribution is 2.27. The quantitative estimate of drug-likeness (QED) is 0.632. The van der Waals surface area contributed by atoms with Crippen molar-refractivity contribution in [2.45, 2.75) is 58.2 Å². The van der Waals surface area contributed by atoms with E-state index < -0.39 is 10.5 Å². The van der Waals surface area contributed by atoms with Crippen LogP contribution in [0, 0.1) is 10.1 Å². The molecular weight excluding hydrogens is 360 g/mol. The number of amides is 1. The van der Waals surface area contributed by atoms with E-state index in [0.717, 1.165) is 36.1 Å². The maximum atomic E-state index is 12.0. The van der Waals surface area contributed by atoms with E-state index >= 15 is 0 Å². The van der Waals surface area contributed by atoms with Gasteiger partial charge in [-0.15, -0.1) is 0 Å². The highest BCUT2D eigenvalue weighted by molar-refractivity contribution is 5.82. The fourth-order valence-electron chi connectivity index (χ4n) is 3.49. The molecule has 28 heavy (non-hydrogen) atoms. The molecule has 2 atom stereocenters. The number of nitrogens with zero attached hydrogens (tertiary/aromatic N) is 3. The summed E-state index contributed by atoms with van der Waals surface area (Å²) in [6.45, 7) is 8.39. The molecule has 0 spiro atoms. The minimum Gasteiger partial charge on any atom is -0.444 e. The first kappa shape index (κ1) is 19.9. The molecule has 0 saturated carbocycles. The fourth-order valence-corrected chi connectivity index (χ4v) is 3.49. The first-order chi connectivity index (χ1) is 13.1. The van der Waals surface area contributed by atoms with Crippen molar-refractivity contribution in [3.8, 4) is 0 Å². The maximum absolute atomic E-state index is 12.0. The van der Waals surface area contributed by atoms with Crippen LogP contribution in [0.3, 0.4) is 0 Å². The Morgan fingerprint density at radius 3 is 2.71 bits per heavy atom. The number of benzene rings is 1. The van der Waals surface area contributed by atoms with Crippen LogP contribution in [0.15, 0.2) is 30.3 Å². The predicted octanol–water partition coefficient (Wildman–Crippen LogP) is 4.03. The SMILES string of the molecule is CC1CC(NC(=O)OC(C)(C)C)CCN1c1ccc2cc([N+](=O)[O-])ccc2n1. The molecule has 0 aliphatic carbocycles. The van der Waals surface area contributed by atoms with Gasteiger partial charge in [0.2, 0.25) is 0 Å². The summed E-state index contributed by atoms with van der Waals surface area (Å²) in [6.07, 6.45) is 1.20. The lowest BCUT2D eigenvalue weighted by Crippen LogP contribution is -2.50. The number of non-ortho nitro benzene ring substituents is 1. The molecule has 1 aromatic carbocycles. The molecule has 1 N–H and O–H groups in total. The molecule has 2 heterocycles. The first-order valence-corrected chi connectivity index (χ1v) is 9.44. The van der Waals surface area contributed by atoms with Gasteiger partial charge in [0, 0.05) is 36.1 Å². The third-order valence-corrected chi connectivity index (χ3v) is 4.76. The lowest BCUT2D eigenvalue weighted by atomic mass is 9.98. The summed E-state index contributed by atoms with van der Waals surface area (Å²) in [5, 5.41) is 14.6. The lowest BCUT2D eigenvalue weighted by Gasteiger charge is -2.39. The predicted molar refractivity (Wildman–Crippen MR) is 108 cm³/mol. The normalized spacial score (nSPS) is 20.1. The van der Waals surface area contributed by atoms with Crippen molar-refractivity contribution in [3.63, 3.8) is 0 Å². The number of piperidine rings is 1. The van der Waals surface area contributed by atoms with Gasteiger partial charge in [-0.3, -0.25) is 10.1 Å². The van der Waals surface area contributed by atoms with Crippen LogP contribution in [0.25, 0.3) is 10.9 Å². The Morgan fingerprint density at radius 2 is 2.07 bits per heavy atom. The molecule has 0 radical (unpaired) electrons. The van der Waals surface area contributed by atoms with E-state index in [1.807, 2.05) is 32.9 Å². The molecule has 1 aliphatic rings. The highest BCUT2D eigenvalue weighted by Gasteiger charge is 2.28. The number of hydrogen-bond donors (Lipinski definition) is 1. The zero-order chi connectivity index (χ0) is 20.5. The highest BCUT2D eigenvalue weighted by atomic mass is 16.6. The van der Waals surface area contributed by atoms with Crippen LogP contribution in [-0.4, -0.2) is 40.2 Å². The number of anilines is 1. The molecule has 0 bridgehead atoms. The van der Waals surface area contributed by atoms with Crippen LogP contribution in [0.1, 0.15) is 40.5 Å². The molecule has 1 aliphatic heterocycles. The number of aromatic nitrogens is 1. The number of ether oxygens (including phenoxy) is 1. The van der Waals surface area contributed by atoms with E-state index in [1.54, 1.807) is 6.07 Å². The molecule has 1 amide bonds. The Bertz CT molecular complexity index is 893. The van der Waals surface area contributed by atoms with E-state index in [0.29, 0.717) is 0 Å². The van der Waals surface area contributed by atoms with Gasteiger partial charge in [0.1, 0.15) is 11.4 Å². The van der Waals surface area contributed by atoms with E-state index in [2.05, 4.69) is 22.1 Å². The molecule has 8 heteroatoms. The second-order valence-electron chi connectivity index (χ2n) is 8.21. The van der Waals surface area contributed by atoms with Crippen LogP contribution >= 0.6 is 0 Å². The van der Waals surface area contributed by atoms with Gasteiger partial charge in [0.05, 0.1) is 10.4 Å². The molecule has 150 valence electrons. The number of nitrogens with one attached hydrogen (secondary N) is 1. The van der Waals surface area contributed by atoms with Gasteiger partial charge in [0.15, 0.2) is 0 Å². The minimum atomic E-state index is -0.513. The third kappa shape index (κ3) is 4.68. The van der Waals surface area contributed by atoms with E-state index in [-0.39, 0.29) is 23.9 Å². The summed E-state index contributed by atoms with van der Waals surface area (Å²) in [5.41, 5.74) is 0.272. The van der Waals surface area contributed by atoms with Crippen molar-refractivity contribution >= 4 is 28.5 Å². The molecule has 1 fully saturated rings. The average Bonchev–Trinajstić information content (AvgIpc) is 2.59. The Hall–Kier alpha value is -2.90. The molecular formula is C20H26N4O4. The summed E-state index contributed by atoms with van der Waals surface area (Å²) < 4.78 is 5.34. The third-order valence-electron chi connectivity index (χ3n) is 4.76. The Balaban J connectivity index is 1.68. The molecule has 2 unspecified atom stereocenters. The van der Waals surface area contributed by atoms with Gasteiger partial charge in [-0.05, 0) is 58.7 Å². The van der Waals surface area contributed by atoms with Crippen LogP contribution in [0.5, 0.6) is 0 Å². The fraction of sp³-hybridized carbons (Fsp3) is 0.500. The van der Waals surface area contributed by atoms with Crippen molar-refractivity contribution in [2.75, 3.05) is 11.4 Å². The van der Waals surface area contributed by atoms with Gasteiger partial charge in [-0.25, -0.2) is 9.78 Å².